The van der Waals surface area contributed by atoms with Crippen LogP contribution >= 0.6 is 0 Å². The molecule has 0 saturated carbocycles. The molecule has 3 heteroatoms. The van der Waals surface area contributed by atoms with Crippen LogP contribution < -0.4 is 0 Å². The predicted octanol–water partition coefficient (Wildman–Crippen LogP) is 9.49. The second-order valence-electron chi connectivity index (χ2n) is 11.3. The van der Waals surface area contributed by atoms with Gasteiger partial charge in [-0.1, -0.05) is 117 Å². The standard InChI is InChI=1S/C38H27N3/c1-38(2)32-14-5-3-11-29(32)30-21-20-27(23-33(30)38)37-40-34-15-6-4-12-31(34)36(41-37)26-18-16-24(17-19-26)28-13-7-9-25-10-8-22-39-35(25)28/h3-23H,1-2H3. The van der Waals surface area contributed by atoms with Gasteiger partial charge in [-0.3, -0.25) is 4.98 Å². The lowest BCUT2D eigenvalue weighted by molar-refractivity contribution is 0.660. The highest BCUT2D eigenvalue weighted by atomic mass is 14.9. The quantitative estimate of drug-likeness (QED) is 0.231. The first-order valence-corrected chi connectivity index (χ1v) is 14.0. The molecule has 41 heavy (non-hydrogen) atoms. The Kier molecular flexibility index (Phi) is 5.17. The normalized spacial score (nSPS) is 13.3. The third-order valence-corrected chi connectivity index (χ3v) is 8.55. The van der Waals surface area contributed by atoms with Gasteiger partial charge < -0.3 is 0 Å². The molecule has 0 radical (unpaired) electrons. The summed E-state index contributed by atoms with van der Waals surface area (Å²) in [4.78, 5) is 14.9. The van der Waals surface area contributed by atoms with Crippen LogP contribution in [0.15, 0.2) is 128 Å². The van der Waals surface area contributed by atoms with E-state index in [1.165, 1.54) is 22.3 Å². The third kappa shape index (κ3) is 3.70. The summed E-state index contributed by atoms with van der Waals surface area (Å²) in [6, 6.07) is 42.8. The van der Waals surface area contributed by atoms with Crippen molar-refractivity contribution in [3.05, 3.63) is 139 Å². The first kappa shape index (κ1) is 23.7. The number of nitrogens with zero attached hydrogens (tertiary/aromatic N) is 3. The Labute approximate surface area is 239 Å². The lowest BCUT2D eigenvalue weighted by atomic mass is 9.82. The average Bonchev–Trinajstić information content (AvgIpc) is 3.26. The summed E-state index contributed by atoms with van der Waals surface area (Å²) in [6.45, 7) is 4.61. The zero-order valence-corrected chi connectivity index (χ0v) is 23.0. The van der Waals surface area contributed by atoms with Crippen LogP contribution in [0.1, 0.15) is 25.0 Å². The minimum Gasteiger partial charge on any atom is -0.256 e. The van der Waals surface area contributed by atoms with E-state index in [0.29, 0.717) is 0 Å². The van der Waals surface area contributed by atoms with Crippen LogP contribution in [-0.2, 0) is 5.41 Å². The molecule has 7 aromatic rings. The highest BCUT2D eigenvalue weighted by Gasteiger charge is 2.35. The van der Waals surface area contributed by atoms with Crippen molar-refractivity contribution in [3.63, 3.8) is 0 Å². The fraction of sp³-hybridized carbons (Fsp3) is 0.0789. The topological polar surface area (TPSA) is 38.7 Å². The molecule has 2 aromatic heterocycles. The Bertz CT molecular complexity index is 2120. The van der Waals surface area contributed by atoms with E-state index < -0.39 is 0 Å². The zero-order valence-electron chi connectivity index (χ0n) is 23.0. The highest BCUT2D eigenvalue weighted by Crippen LogP contribution is 2.49. The Morgan fingerprint density at radius 1 is 0.537 bits per heavy atom. The maximum absolute atomic E-state index is 5.19. The number of hydrogen-bond donors (Lipinski definition) is 0. The third-order valence-electron chi connectivity index (χ3n) is 8.55. The maximum Gasteiger partial charge on any atom is 0.160 e. The van der Waals surface area contributed by atoms with Crippen LogP contribution in [0, 0.1) is 0 Å². The molecular formula is C38H27N3. The molecule has 0 N–H and O–H groups in total. The molecule has 0 atom stereocenters. The van der Waals surface area contributed by atoms with E-state index >= 15 is 0 Å². The second-order valence-corrected chi connectivity index (χ2v) is 11.3. The molecule has 0 aliphatic heterocycles. The molecule has 0 spiro atoms. The van der Waals surface area contributed by atoms with E-state index in [1.54, 1.807) is 0 Å². The summed E-state index contributed by atoms with van der Waals surface area (Å²) in [5.41, 5.74) is 12.5. The Balaban J connectivity index is 1.25. The summed E-state index contributed by atoms with van der Waals surface area (Å²) in [6.07, 6.45) is 1.85. The van der Waals surface area contributed by atoms with Gasteiger partial charge >= 0.3 is 0 Å². The molecule has 5 aromatic carbocycles. The number of fused-ring (bicyclic) bond motifs is 5. The van der Waals surface area contributed by atoms with Crippen LogP contribution in [0.4, 0.5) is 0 Å². The molecule has 3 nitrogen and oxygen atoms in total. The van der Waals surface area contributed by atoms with Crippen LogP contribution in [0.5, 0.6) is 0 Å². The smallest absolute Gasteiger partial charge is 0.160 e. The average molecular weight is 526 g/mol. The van der Waals surface area contributed by atoms with Crippen molar-refractivity contribution in [2.45, 2.75) is 19.3 Å². The van der Waals surface area contributed by atoms with E-state index in [4.69, 9.17) is 9.97 Å². The van der Waals surface area contributed by atoms with E-state index in [-0.39, 0.29) is 5.41 Å². The number of hydrogen-bond acceptors (Lipinski definition) is 3. The fourth-order valence-corrected chi connectivity index (χ4v) is 6.41. The van der Waals surface area contributed by atoms with Gasteiger partial charge in [0.25, 0.3) is 0 Å². The molecule has 0 amide bonds. The van der Waals surface area contributed by atoms with Gasteiger partial charge in [0, 0.05) is 39.1 Å². The summed E-state index contributed by atoms with van der Waals surface area (Å²) < 4.78 is 0. The van der Waals surface area contributed by atoms with Crippen molar-refractivity contribution in [2.75, 3.05) is 0 Å². The highest BCUT2D eigenvalue weighted by molar-refractivity contribution is 5.96. The van der Waals surface area contributed by atoms with Gasteiger partial charge in [0.05, 0.1) is 16.7 Å². The second kappa shape index (κ2) is 8.94. The summed E-state index contributed by atoms with van der Waals surface area (Å²) in [7, 11) is 0. The summed E-state index contributed by atoms with van der Waals surface area (Å²) >= 11 is 0. The van der Waals surface area contributed by atoms with Crippen molar-refractivity contribution in [1.82, 2.24) is 15.0 Å². The van der Waals surface area contributed by atoms with Crippen molar-refractivity contribution < 1.29 is 0 Å². The Morgan fingerprint density at radius 2 is 1.24 bits per heavy atom. The molecule has 2 heterocycles. The van der Waals surface area contributed by atoms with Crippen molar-refractivity contribution in [2.24, 2.45) is 0 Å². The van der Waals surface area contributed by atoms with Gasteiger partial charge in [-0.2, -0.15) is 0 Å². The number of aromatic nitrogens is 3. The largest absolute Gasteiger partial charge is 0.256 e. The van der Waals surface area contributed by atoms with E-state index in [2.05, 4.69) is 128 Å². The molecule has 1 aliphatic carbocycles. The van der Waals surface area contributed by atoms with Gasteiger partial charge in [0.2, 0.25) is 0 Å². The van der Waals surface area contributed by atoms with Crippen LogP contribution in [0.2, 0.25) is 0 Å². The Hall–Kier alpha value is -5.15. The number of rotatable bonds is 3. The lowest BCUT2D eigenvalue weighted by Gasteiger charge is -2.21. The zero-order chi connectivity index (χ0) is 27.6. The monoisotopic (exact) mass is 525 g/mol. The van der Waals surface area contributed by atoms with Gasteiger partial charge in [-0.15, -0.1) is 0 Å². The fourth-order valence-electron chi connectivity index (χ4n) is 6.41. The minimum atomic E-state index is -0.0755. The van der Waals surface area contributed by atoms with Crippen molar-refractivity contribution >= 4 is 21.8 Å². The maximum atomic E-state index is 5.19. The van der Waals surface area contributed by atoms with Gasteiger partial charge in [-0.05, 0) is 46.0 Å². The summed E-state index contributed by atoms with van der Waals surface area (Å²) in [5, 5.41) is 2.19. The van der Waals surface area contributed by atoms with Gasteiger partial charge in [0.1, 0.15) is 0 Å². The van der Waals surface area contributed by atoms with Crippen LogP contribution in [-0.4, -0.2) is 15.0 Å². The van der Waals surface area contributed by atoms with Crippen molar-refractivity contribution in [1.29, 1.82) is 0 Å². The van der Waals surface area contributed by atoms with E-state index in [9.17, 15) is 0 Å². The molecular weight excluding hydrogens is 498 g/mol. The first-order valence-electron chi connectivity index (χ1n) is 14.0. The van der Waals surface area contributed by atoms with E-state index in [0.717, 1.165) is 55.6 Å². The number of pyridine rings is 1. The predicted molar refractivity (Wildman–Crippen MR) is 169 cm³/mol. The molecule has 0 bridgehead atoms. The Morgan fingerprint density at radius 3 is 2.15 bits per heavy atom. The molecule has 194 valence electrons. The molecule has 0 fully saturated rings. The lowest BCUT2D eigenvalue weighted by Crippen LogP contribution is -2.15. The molecule has 0 unspecified atom stereocenters. The summed E-state index contributed by atoms with van der Waals surface area (Å²) in [5.74, 6) is 0.746. The minimum absolute atomic E-state index is 0.0755. The number of para-hydroxylation sites is 2. The van der Waals surface area contributed by atoms with Crippen LogP contribution in [0.25, 0.3) is 66.7 Å². The molecule has 1 aliphatic rings. The van der Waals surface area contributed by atoms with Crippen molar-refractivity contribution in [3.8, 4) is 44.9 Å². The van der Waals surface area contributed by atoms with Gasteiger partial charge in [-0.25, -0.2) is 9.97 Å². The van der Waals surface area contributed by atoms with E-state index in [1.807, 2.05) is 18.3 Å². The first-order chi connectivity index (χ1) is 20.1. The molecule has 0 saturated heterocycles. The molecule has 8 rings (SSSR count). The SMILES string of the molecule is CC1(C)c2ccccc2-c2ccc(-c3nc(-c4ccc(-c5cccc6cccnc56)cc4)c4ccccc4n3)cc21. The van der Waals surface area contributed by atoms with Crippen LogP contribution in [0.3, 0.4) is 0 Å². The van der Waals surface area contributed by atoms with Gasteiger partial charge in [0.15, 0.2) is 5.82 Å². The number of benzene rings is 5.